The van der Waals surface area contributed by atoms with Crippen LogP contribution >= 0.6 is 11.6 Å². The van der Waals surface area contributed by atoms with Crippen LogP contribution in [0.5, 0.6) is 5.75 Å². The molecule has 302 valence electrons. The average molecular weight is 804 g/mol. The summed E-state index contributed by atoms with van der Waals surface area (Å²) in [5.41, 5.74) is 5.50. The quantitative estimate of drug-likeness (QED) is 0.215. The predicted molar refractivity (Wildman–Crippen MR) is 219 cm³/mol. The van der Waals surface area contributed by atoms with Crippen LogP contribution in [0.4, 0.5) is 0 Å². The Kier molecular flexibility index (Phi) is 10.5. The lowest BCUT2D eigenvalue weighted by atomic mass is 9.49. The summed E-state index contributed by atoms with van der Waals surface area (Å²) in [5, 5.41) is 15.2. The van der Waals surface area contributed by atoms with E-state index in [1.807, 2.05) is 24.3 Å². The van der Waals surface area contributed by atoms with E-state index in [-0.39, 0.29) is 52.5 Å². The number of nitriles is 1. The van der Waals surface area contributed by atoms with Gasteiger partial charge in [0.2, 0.25) is 11.8 Å². The third kappa shape index (κ3) is 7.42. The van der Waals surface area contributed by atoms with Crippen molar-refractivity contribution in [2.75, 3.05) is 32.8 Å². The molecule has 5 aliphatic rings. The Bertz CT molecular complexity index is 2220. The van der Waals surface area contributed by atoms with Crippen LogP contribution < -0.4 is 15.4 Å². The highest BCUT2D eigenvalue weighted by atomic mass is 35.5. The minimum absolute atomic E-state index is 0.0584. The van der Waals surface area contributed by atoms with Crippen molar-refractivity contribution in [3.05, 3.63) is 105 Å². The van der Waals surface area contributed by atoms with Crippen molar-refractivity contribution >= 4 is 40.8 Å². The van der Waals surface area contributed by atoms with Crippen molar-refractivity contribution in [2.24, 2.45) is 16.2 Å². The first-order valence-electron chi connectivity index (χ1n) is 20.2. The van der Waals surface area contributed by atoms with Gasteiger partial charge in [-0.15, -0.1) is 0 Å². The Balaban J connectivity index is 0.827. The molecular formula is C46H50ClN5O6. The monoisotopic (exact) mass is 803 g/mol. The second-order valence-corrected chi connectivity index (χ2v) is 18.4. The fraction of sp³-hybridized carbons (Fsp3) is 0.457. The number of benzene rings is 3. The first-order chi connectivity index (χ1) is 27.7. The minimum atomic E-state index is -0.614. The lowest BCUT2D eigenvalue weighted by Crippen LogP contribution is -2.74. The van der Waals surface area contributed by atoms with Crippen molar-refractivity contribution in [3.63, 3.8) is 0 Å². The number of imide groups is 1. The Labute approximate surface area is 344 Å². The van der Waals surface area contributed by atoms with Crippen LogP contribution in [-0.2, 0) is 27.3 Å². The van der Waals surface area contributed by atoms with Crippen molar-refractivity contribution in [1.82, 2.24) is 20.4 Å². The van der Waals surface area contributed by atoms with Crippen molar-refractivity contribution in [1.29, 1.82) is 5.26 Å². The number of amides is 4. The number of hydrogen-bond acceptors (Lipinski definition) is 8. The molecule has 58 heavy (non-hydrogen) atoms. The number of carbonyl (C=O) groups is 4. The van der Waals surface area contributed by atoms with Gasteiger partial charge in [-0.2, -0.15) is 5.26 Å². The van der Waals surface area contributed by atoms with E-state index in [1.54, 1.807) is 23.1 Å². The fourth-order valence-electron chi connectivity index (χ4n) is 10.1. The van der Waals surface area contributed by atoms with Crippen molar-refractivity contribution < 1.29 is 28.7 Å². The predicted octanol–water partition coefficient (Wildman–Crippen LogP) is 6.32. The molecule has 1 saturated carbocycles. The van der Waals surface area contributed by atoms with E-state index < -0.39 is 11.9 Å². The molecule has 0 radical (unpaired) electrons. The van der Waals surface area contributed by atoms with Gasteiger partial charge in [-0.3, -0.25) is 29.4 Å². The van der Waals surface area contributed by atoms with Crippen LogP contribution in [0.25, 0.3) is 5.57 Å². The summed E-state index contributed by atoms with van der Waals surface area (Å²) in [5.74, 6) is -0.344. The lowest BCUT2D eigenvalue weighted by Gasteiger charge is -2.63. The summed E-state index contributed by atoms with van der Waals surface area (Å²) in [6.07, 6.45) is 5.51. The molecule has 0 aromatic heterocycles. The fourth-order valence-corrected chi connectivity index (χ4v) is 10.3. The van der Waals surface area contributed by atoms with Crippen LogP contribution in [0.1, 0.15) is 96.3 Å². The van der Waals surface area contributed by atoms with E-state index in [4.69, 9.17) is 21.1 Å². The highest BCUT2D eigenvalue weighted by Crippen LogP contribution is 2.55. The third-order valence-corrected chi connectivity index (χ3v) is 13.5. The number of nitrogens with zero attached hydrogens (tertiary/aromatic N) is 3. The molecule has 4 aliphatic heterocycles. The largest absolute Gasteiger partial charge is 0.489 e. The zero-order valence-corrected chi connectivity index (χ0v) is 34.3. The minimum Gasteiger partial charge on any atom is -0.489 e. The third-order valence-electron chi connectivity index (χ3n) is 13.2. The molecule has 3 aromatic carbocycles. The number of ether oxygens (including phenoxy) is 2. The number of nitrogens with one attached hydrogen (secondary N) is 2. The van der Waals surface area contributed by atoms with E-state index >= 15 is 0 Å². The maximum atomic E-state index is 13.5. The number of hydrogen-bond donors (Lipinski definition) is 2. The highest BCUT2D eigenvalue weighted by molar-refractivity contribution is 6.31. The van der Waals surface area contributed by atoms with Crippen molar-refractivity contribution in [3.8, 4) is 11.8 Å². The van der Waals surface area contributed by atoms with E-state index in [9.17, 15) is 24.4 Å². The lowest BCUT2D eigenvalue weighted by molar-refractivity contribution is -0.164. The average Bonchev–Trinajstić information content (AvgIpc) is 3.51. The summed E-state index contributed by atoms with van der Waals surface area (Å²) in [6, 6.07) is 20.4. The Hall–Kier alpha value is -5.02. The van der Waals surface area contributed by atoms with E-state index in [1.165, 1.54) is 11.1 Å². The van der Waals surface area contributed by atoms with Crippen molar-refractivity contribution in [2.45, 2.75) is 84.5 Å². The first-order valence-corrected chi connectivity index (χ1v) is 20.6. The number of fused-ring (bicyclic) bond motifs is 1. The number of piperidine rings is 1. The maximum absolute atomic E-state index is 13.5. The smallest absolute Gasteiger partial charge is 0.255 e. The van der Waals surface area contributed by atoms with Gasteiger partial charge in [0, 0.05) is 65.5 Å². The molecule has 0 bridgehead atoms. The topological polar surface area (TPSA) is 141 Å². The molecule has 2 N–H and O–H groups in total. The molecule has 1 atom stereocenters. The Morgan fingerprint density at radius 2 is 1.78 bits per heavy atom. The molecule has 1 unspecified atom stereocenters. The van der Waals surface area contributed by atoms with Gasteiger partial charge < -0.3 is 19.7 Å². The first kappa shape index (κ1) is 39.8. The number of rotatable bonds is 11. The molecule has 2 saturated heterocycles. The van der Waals surface area contributed by atoms with Gasteiger partial charge in [0.25, 0.3) is 11.8 Å². The van der Waals surface area contributed by atoms with Gasteiger partial charge in [0.1, 0.15) is 24.0 Å². The molecule has 8 rings (SSSR count). The van der Waals surface area contributed by atoms with Crippen LogP contribution in [0.15, 0.2) is 66.7 Å². The molecule has 0 spiro atoms. The van der Waals surface area contributed by atoms with Gasteiger partial charge in [0.15, 0.2) is 0 Å². The molecule has 1 aliphatic carbocycles. The molecule has 12 heteroatoms. The molecule has 11 nitrogen and oxygen atoms in total. The molecule has 3 fully saturated rings. The second kappa shape index (κ2) is 15.3. The van der Waals surface area contributed by atoms with Gasteiger partial charge in [-0.25, -0.2) is 0 Å². The maximum Gasteiger partial charge on any atom is 0.255 e. The molecular weight excluding hydrogens is 754 g/mol. The van der Waals surface area contributed by atoms with Gasteiger partial charge >= 0.3 is 0 Å². The van der Waals surface area contributed by atoms with Crippen LogP contribution in [0.3, 0.4) is 0 Å². The van der Waals surface area contributed by atoms with E-state index in [0.717, 1.165) is 63.2 Å². The van der Waals surface area contributed by atoms with Crippen LogP contribution in [0.2, 0.25) is 5.02 Å². The highest BCUT2D eigenvalue weighted by Gasteiger charge is 2.64. The van der Waals surface area contributed by atoms with E-state index in [2.05, 4.69) is 73.6 Å². The second-order valence-electron chi connectivity index (χ2n) is 18.0. The SMILES string of the molecule is CC1(C)C(NC(=O)c2ccc(CC3(CCN4CC=C(c5ccc6c(c5)CN(C5CCC(=O)NC5=O)C6=O)CC4)COC3)cc2)C(C)(C)C1Oc1ccc(C#N)c(Cl)c1. The standard InChI is InChI=1S/C46H50ClN5O6/c1-44(2)42(45(3,4)43(44)58-34-11-9-32(24-48)36(47)22-34)50-39(54)30-7-5-28(6-8-30)23-46(26-57-27-46)17-20-51-18-15-29(16-19-51)31-10-12-35-33(21-31)25-52(41(35)56)37-13-14-38(53)49-40(37)55/h5-12,15,21-22,37,42-43H,13-14,16-20,23,25-27H2,1-4H3,(H,50,54)(H,49,53,55). The van der Waals surface area contributed by atoms with Crippen LogP contribution in [-0.4, -0.2) is 84.5 Å². The zero-order chi connectivity index (χ0) is 41.0. The number of halogens is 1. The normalized spacial score (nSPS) is 24.4. The summed E-state index contributed by atoms with van der Waals surface area (Å²) < 4.78 is 12.2. The van der Waals surface area contributed by atoms with Gasteiger partial charge in [0.05, 0.1) is 23.8 Å². The molecule has 4 heterocycles. The molecule has 3 aromatic rings. The summed E-state index contributed by atoms with van der Waals surface area (Å²) in [7, 11) is 0. The Morgan fingerprint density at radius 3 is 2.41 bits per heavy atom. The van der Waals surface area contributed by atoms with Gasteiger partial charge in [-0.05, 0) is 90.9 Å². The van der Waals surface area contributed by atoms with Gasteiger partial charge in [-0.1, -0.05) is 63.6 Å². The number of carbonyl (C=O) groups excluding carboxylic acids is 4. The zero-order valence-electron chi connectivity index (χ0n) is 33.5. The Morgan fingerprint density at radius 1 is 1.02 bits per heavy atom. The summed E-state index contributed by atoms with van der Waals surface area (Å²) in [4.78, 5) is 54.9. The van der Waals surface area contributed by atoms with E-state index in [0.29, 0.717) is 40.4 Å². The van der Waals surface area contributed by atoms with Crippen LogP contribution in [0, 0.1) is 27.6 Å². The summed E-state index contributed by atoms with van der Waals surface area (Å²) in [6.45, 7) is 13.0. The molecule has 4 amide bonds. The summed E-state index contributed by atoms with van der Waals surface area (Å²) >= 11 is 6.26.